The molecule has 4 nitrogen and oxygen atoms in total. The van der Waals surface area contributed by atoms with E-state index < -0.39 is 6.29 Å². The number of nitrogens with zero attached hydrogens (tertiary/aromatic N) is 1. The molecular weight excluding hydrogens is 350 g/mol. The van der Waals surface area contributed by atoms with Gasteiger partial charge in [0.15, 0.2) is 6.29 Å². The van der Waals surface area contributed by atoms with Crippen LogP contribution in [0.4, 0.5) is 0 Å². The Morgan fingerprint density at radius 1 is 0.857 bits per heavy atom. The van der Waals surface area contributed by atoms with Crippen LogP contribution in [-0.2, 0) is 14.3 Å². The van der Waals surface area contributed by atoms with Crippen molar-refractivity contribution in [3.63, 3.8) is 0 Å². The van der Waals surface area contributed by atoms with Crippen LogP contribution in [0.5, 0.6) is 0 Å². The summed E-state index contributed by atoms with van der Waals surface area (Å²) >= 11 is 0. The topological polar surface area (TPSA) is 38.8 Å². The molecule has 1 heterocycles. The number of carbonyl (C=O) groups is 1. The number of likely N-dealkylation sites (tertiary alicyclic amines) is 1. The van der Waals surface area contributed by atoms with Gasteiger partial charge in [0, 0.05) is 18.7 Å². The lowest BCUT2D eigenvalue weighted by Crippen LogP contribution is -2.55. The second kappa shape index (κ2) is 9.47. The van der Waals surface area contributed by atoms with Crippen molar-refractivity contribution < 1.29 is 14.3 Å². The predicted molar refractivity (Wildman–Crippen MR) is 111 cm³/mol. The van der Waals surface area contributed by atoms with E-state index >= 15 is 0 Å². The molecule has 4 aliphatic rings. The van der Waals surface area contributed by atoms with Gasteiger partial charge in [-0.05, 0) is 70.1 Å². The van der Waals surface area contributed by atoms with E-state index in [0.29, 0.717) is 24.6 Å². The monoisotopic (exact) mass is 391 g/mol. The summed E-state index contributed by atoms with van der Waals surface area (Å²) in [6, 6.07) is 1.19. The lowest BCUT2D eigenvalue weighted by Gasteiger charge is -2.43. The summed E-state index contributed by atoms with van der Waals surface area (Å²) < 4.78 is 11.4. The van der Waals surface area contributed by atoms with Crippen LogP contribution in [0, 0.1) is 17.8 Å². The number of carbonyl (C=O) groups excluding carboxylic acids is 1. The maximum Gasteiger partial charge on any atom is 0.325 e. The van der Waals surface area contributed by atoms with Gasteiger partial charge in [-0.1, -0.05) is 44.9 Å². The standard InChI is InChI=1S/C24H41NO3/c1-3-27-17(2)28-24(26)23(18-11-5-4-6-12-18)25-21-15-9-7-13-19(21)20-14-8-10-16-22(20)25/h17-23H,3-16H2,1-2H3. The van der Waals surface area contributed by atoms with Crippen molar-refractivity contribution >= 4 is 5.97 Å². The first-order chi connectivity index (χ1) is 13.7. The maximum atomic E-state index is 13.5. The molecule has 28 heavy (non-hydrogen) atoms. The SMILES string of the molecule is CCOC(C)OC(=O)C(C1CCCCC1)N1C2CCCCC2C2CCCCC21. The van der Waals surface area contributed by atoms with Gasteiger partial charge in [0.1, 0.15) is 6.04 Å². The molecule has 4 fully saturated rings. The molecule has 0 spiro atoms. The van der Waals surface area contributed by atoms with Gasteiger partial charge in [0.25, 0.3) is 0 Å². The van der Waals surface area contributed by atoms with E-state index in [2.05, 4.69) is 4.90 Å². The second-order valence-corrected chi connectivity index (χ2v) is 9.78. The Hall–Kier alpha value is -0.610. The largest absolute Gasteiger partial charge is 0.435 e. The van der Waals surface area contributed by atoms with Crippen LogP contribution in [0.3, 0.4) is 0 Å². The average molecular weight is 392 g/mol. The minimum atomic E-state index is -0.435. The van der Waals surface area contributed by atoms with Crippen molar-refractivity contribution in [1.29, 1.82) is 0 Å². The molecule has 4 rings (SSSR count). The lowest BCUT2D eigenvalue weighted by atomic mass is 9.73. The van der Waals surface area contributed by atoms with E-state index in [9.17, 15) is 4.79 Å². The molecule has 0 aromatic heterocycles. The number of hydrogen-bond acceptors (Lipinski definition) is 4. The van der Waals surface area contributed by atoms with Crippen molar-refractivity contribution in [1.82, 2.24) is 4.90 Å². The molecule has 0 aromatic rings. The van der Waals surface area contributed by atoms with E-state index in [1.807, 2.05) is 13.8 Å². The third-order valence-electron chi connectivity index (χ3n) is 8.22. The van der Waals surface area contributed by atoms with Gasteiger partial charge in [0.05, 0.1) is 0 Å². The summed E-state index contributed by atoms with van der Waals surface area (Å²) in [5.74, 6) is 2.12. The molecular formula is C24H41NO3. The molecule has 160 valence electrons. The third kappa shape index (κ3) is 4.14. The minimum Gasteiger partial charge on any atom is -0.435 e. The van der Waals surface area contributed by atoms with Crippen LogP contribution in [0.15, 0.2) is 0 Å². The summed E-state index contributed by atoms with van der Waals surface area (Å²) in [6.07, 6.45) is 16.6. The highest BCUT2D eigenvalue weighted by atomic mass is 16.7. The highest BCUT2D eigenvalue weighted by Gasteiger charge is 2.54. The zero-order valence-corrected chi connectivity index (χ0v) is 18.1. The molecule has 0 N–H and O–H groups in total. The fourth-order valence-corrected chi connectivity index (χ4v) is 7.19. The smallest absolute Gasteiger partial charge is 0.325 e. The number of ether oxygens (including phenoxy) is 2. The summed E-state index contributed by atoms with van der Waals surface area (Å²) in [5.41, 5.74) is 0. The summed E-state index contributed by atoms with van der Waals surface area (Å²) in [6.45, 7) is 4.42. The Labute approximate surface area is 171 Å². The van der Waals surface area contributed by atoms with Gasteiger partial charge in [-0.25, -0.2) is 0 Å². The molecule has 6 unspecified atom stereocenters. The Kier molecular flexibility index (Phi) is 6.98. The third-order valence-corrected chi connectivity index (χ3v) is 8.22. The van der Waals surface area contributed by atoms with Crippen LogP contribution in [0.2, 0.25) is 0 Å². The Morgan fingerprint density at radius 3 is 1.96 bits per heavy atom. The highest BCUT2D eigenvalue weighted by Crippen LogP contribution is 2.51. The molecule has 0 aromatic carbocycles. The molecule has 0 amide bonds. The van der Waals surface area contributed by atoms with Crippen LogP contribution in [-0.4, -0.2) is 41.9 Å². The first kappa shape index (κ1) is 20.7. The quantitative estimate of drug-likeness (QED) is 0.455. The summed E-state index contributed by atoms with van der Waals surface area (Å²) in [5, 5.41) is 0. The molecule has 6 atom stereocenters. The summed E-state index contributed by atoms with van der Waals surface area (Å²) in [7, 11) is 0. The van der Waals surface area contributed by atoms with Gasteiger partial charge in [0.2, 0.25) is 0 Å². The first-order valence-corrected chi connectivity index (χ1v) is 12.3. The molecule has 4 heteroatoms. The van der Waals surface area contributed by atoms with Gasteiger partial charge < -0.3 is 9.47 Å². The van der Waals surface area contributed by atoms with Crippen molar-refractivity contribution in [2.45, 2.75) is 122 Å². The molecule has 3 aliphatic carbocycles. The number of rotatable bonds is 6. The molecule has 3 saturated carbocycles. The Balaban J connectivity index is 1.60. The number of esters is 1. The summed E-state index contributed by atoms with van der Waals surface area (Å²) in [4.78, 5) is 16.3. The predicted octanol–water partition coefficient (Wildman–Crippen LogP) is 5.29. The minimum absolute atomic E-state index is 0.00315. The fourth-order valence-electron chi connectivity index (χ4n) is 7.19. The van der Waals surface area contributed by atoms with Crippen molar-refractivity contribution in [3.05, 3.63) is 0 Å². The van der Waals surface area contributed by atoms with E-state index in [1.54, 1.807) is 0 Å². The van der Waals surface area contributed by atoms with Crippen molar-refractivity contribution in [3.8, 4) is 0 Å². The van der Waals surface area contributed by atoms with Crippen LogP contribution < -0.4 is 0 Å². The molecule has 1 aliphatic heterocycles. The van der Waals surface area contributed by atoms with Crippen molar-refractivity contribution in [2.24, 2.45) is 17.8 Å². The Morgan fingerprint density at radius 2 is 1.39 bits per heavy atom. The molecule has 0 bridgehead atoms. The fraction of sp³-hybridized carbons (Fsp3) is 0.958. The lowest BCUT2D eigenvalue weighted by molar-refractivity contribution is -0.184. The average Bonchev–Trinajstić information content (AvgIpc) is 3.04. The van der Waals surface area contributed by atoms with Gasteiger partial charge >= 0.3 is 5.97 Å². The van der Waals surface area contributed by atoms with E-state index in [1.165, 1.54) is 83.5 Å². The molecule has 0 radical (unpaired) electrons. The van der Waals surface area contributed by atoms with Gasteiger partial charge in [-0.2, -0.15) is 0 Å². The number of fused-ring (bicyclic) bond motifs is 3. The highest BCUT2D eigenvalue weighted by molar-refractivity contribution is 5.76. The Bertz CT molecular complexity index is 496. The first-order valence-electron chi connectivity index (χ1n) is 12.3. The molecule has 1 saturated heterocycles. The zero-order chi connectivity index (χ0) is 19.5. The van der Waals surface area contributed by atoms with Crippen LogP contribution in [0.25, 0.3) is 0 Å². The van der Waals surface area contributed by atoms with Crippen LogP contribution >= 0.6 is 0 Å². The van der Waals surface area contributed by atoms with Crippen LogP contribution in [0.1, 0.15) is 97.3 Å². The normalized spacial score (nSPS) is 36.4. The van der Waals surface area contributed by atoms with E-state index in [0.717, 1.165) is 11.8 Å². The van der Waals surface area contributed by atoms with E-state index in [4.69, 9.17) is 9.47 Å². The zero-order valence-electron chi connectivity index (χ0n) is 18.1. The van der Waals surface area contributed by atoms with Gasteiger partial charge in [-0.15, -0.1) is 0 Å². The van der Waals surface area contributed by atoms with Crippen molar-refractivity contribution in [2.75, 3.05) is 6.61 Å². The van der Waals surface area contributed by atoms with Gasteiger partial charge in [-0.3, -0.25) is 9.69 Å². The second-order valence-electron chi connectivity index (χ2n) is 9.78. The van der Waals surface area contributed by atoms with E-state index in [-0.39, 0.29) is 12.0 Å². The number of hydrogen-bond donors (Lipinski definition) is 0. The maximum absolute atomic E-state index is 13.5.